The Bertz CT molecular complexity index is 366. The highest BCUT2D eigenvalue weighted by molar-refractivity contribution is 5.00. The average molecular weight is 264 g/mol. The summed E-state index contributed by atoms with van der Waals surface area (Å²) in [6.45, 7) is 4.15. The molecule has 1 aliphatic rings. The van der Waals surface area contributed by atoms with Crippen molar-refractivity contribution < 1.29 is 0 Å². The molecule has 0 saturated heterocycles. The Labute approximate surface area is 117 Å². The zero-order chi connectivity index (χ0) is 13.7. The molecule has 4 nitrogen and oxygen atoms in total. The molecule has 1 saturated carbocycles. The van der Waals surface area contributed by atoms with E-state index in [2.05, 4.69) is 48.2 Å². The number of hydrogen-bond donors (Lipinski definition) is 1. The maximum absolute atomic E-state index is 4.73. The predicted molar refractivity (Wildman–Crippen MR) is 79.2 cm³/mol. The van der Waals surface area contributed by atoms with E-state index in [-0.39, 0.29) is 0 Å². The molecule has 1 aromatic heterocycles. The van der Waals surface area contributed by atoms with Crippen LogP contribution in [0.25, 0.3) is 0 Å². The molecule has 0 radical (unpaired) electrons. The fourth-order valence-corrected chi connectivity index (χ4v) is 2.91. The Kier molecular flexibility index (Phi) is 5.40. The quantitative estimate of drug-likeness (QED) is 0.856. The van der Waals surface area contributed by atoms with E-state index in [4.69, 9.17) is 5.10 Å². The van der Waals surface area contributed by atoms with E-state index in [1.54, 1.807) is 0 Å². The molecule has 0 bridgehead atoms. The van der Waals surface area contributed by atoms with Crippen molar-refractivity contribution in [3.63, 3.8) is 0 Å². The summed E-state index contributed by atoms with van der Waals surface area (Å²) in [6, 6.07) is 3.29. The molecular weight excluding hydrogens is 236 g/mol. The maximum atomic E-state index is 4.73. The highest BCUT2D eigenvalue weighted by atomic mass is 15.3. The molecule has 1 fully saturated rings. The third kappa shape index (κ3) is 4.62. The first kappa shape index (κ1) is 14.5. The van der Waals surface area contributed by atoms with Crippen molar-refractivity contribution in [3.8, 4) is 0 Å². The molecule has 0 aromatic carbocycles. The van der Waals surface area contributed by atoms with Crippen molar-refractivity contribution in [2.45, 2.75) is 57.7 Å². The molecule has 1 atom stereocenters. The molecule has 108 valence electrons. The van der Waals surface area contributed by atoms with Crippen LogP contribution in [0.3, 0.4) is 0 Å². The number of nitrogens with zero attached hydrogens (tertiary/aromatic N) is 3. The van der Waals surface area contributed by atoms with Gasteiger partial charge in [0.05, 0.1) is 11.7 Å². The fourth-order valence-electron chi connectivity index (χ4n) is 2.91. The van der Waals surface area contributed by atoms with Gasteiger partial charge in [0.2, 0.25) is 0 Å². The largest absolute Gasteiger partial charge is 0.308 e. The first-order chi connectivity index (χ1) is 9.15. The molecule has 2 rings (SSSR count). The highest BCUT2D eigenvalue weighted by Crippen LogP contribution is 2.27. The lowest BCUT2D eigenvalue weighted by Crippen LogP contribution is -2.35. The Morgan fingerprint density at radius 1 is 1.37 bits per heavy atom. The van der Waals surface area contributed by atoms with Gasteiger partial charge in [0.25, 0.3) is 0 Å². The number of aromatic nitrogens is 2. The van der Waals surface area contributed by atoms with Gasteiger partial charge in [-0.05, 0) is 39.9 Å². The molecule has 1 unspecified atom stereocenters. The van der Waals surface area contributed by atoms with Crippen LogP contribution in [0.5, 0.6) is 0 Å². The average Bonchev–Trinajstić information content (AvgIpc) is 2.85. The zero-order valence-electron chi connectivity index (χ0n) is 12.6. The highest BCUT2D eigenvalue weighted by Gasteiger charge is 2.16. The zero-order valence-corrected chi connectivity index (χ0v) is 12.6. The van der Waals surface area contributed by atoms with Gasteiger partial charge in [-0.3, -0.25) is 4.68 Å². The lowest BCUT2D eigenvalue weighted by molar-refractivity contribution is 0.325. The second-order valence-corrected chi connectivity index (χ2v) is 6.12. The predicted octanol–water partition coefficient (Wildman–Crippen LogP) is 2.43. The van der Waals surface area contributed by atoms with Gasteiger partial charge >= 0.3 is 0 Å². The first-order valence-electron chi connectivity index (χ1n) is 7.57. The SMILES string of the molecule is CC(CN(C)C)NCc1ccn(C2CCCCC2)n1. The van der Waals surface area contributed by atoms with Gasteiger partial charge in [-0.1, -0.05) is 19.3 Å². The summed E-state index contributed by atoms with van der Waals surface area (Å²) in [5, 5.41) is 8.25. The summed E-state index contributed by atoms with van der Waals surface area (Å²) in [4.78, 5) is 2.21. The molecule has 1 N–H and O–H groups in total. The fraction of sp³-hybridized carbons (Fsp3) is 0.800. The van der Waals surface area contributed by atoms with Crippen LogP contribution in [0.4, 0.5) is 0 Å². The van der Waals surface area contributed by atoms with Crippen molar-refractivity contribution in [3.05, 3.63) is 18.0 Å². The maximum Gasteiger partial charge on any atom is 0.0762 e. The van der Waals surface area contributed by atoms with Gasteiger partial charge in [0, 0.05) is 25.3 Å². The van der Waals surface area contributed by atoms with Gasteiger partial charge < -0.3 is 10.2 Å². The monoisotopic (exact) mass is 264 g/mol. The number of likely N-dealkylation sites (N-methyl/N-ethyl adjacent to an activating group) is 1. The van der Waals surface area contributed by atoms with E-state index >= 15 is 0 Å². The van der Waals surface area contributed by atoms with E-state index in [1.165, 1.54) is 32.1 Å². The number of rotatable bonds is 6. The van der Waals surface area contributed by atoms with Crippen molar-refractivity contribution in [1.29, 1.82) is 0 Å². The second kappa shape index (κ2) is 7.06. The molecule has 4 heteroatoms. The smallest absolute Gasteiger partial charge is 0.0762 e. The van der Waals surface area contributed by atoms with E-state index in [1.807, 2.05) is 0 Å². The van der Waals surface area contributed by atoms with Crippen LogP contribution in [0.2, 0.25) is 0 Å². The third-order valence-corrected chi connectivity index (χ3v) is 3.88. The van der Waals surface area contributed by atoms with Crippen LogP contribution < -0.4 is 5.32 Å². The number of nitrogens with one attached hydrogen (secondary N) is 1. The van der Waals surface area contributed by atoms with Crippen LogP contribution in [-0.4, -0.2) is 41.4 Å². The van der Waals surface area contributed by atoms with Crippen LogP contribution >= 0.6 is 0 Å². The van der Waals surface area contributed by atoms with Gasteiger partial charge in [0.15, 0.2) is 0 Å². The molecule has 0 spiro atoms. The van der Waals surface area contributed by atoms with Gasteiger partial charge in [-0.15, -0.1) is 0 Å². The molecule has 0 aliphatic heterocycles. The first-order valence-corrected chi connectivity index (χ1v) is 7.57. The lowest BCUT2D eigenvalue weighted by Gasteiger charge is -2.22. The van der Waals surface area contributed by atoms with E-state index in [0.29, 0.717) is 12.1 Å². The third-order valence-electron chi connectivity index (χ3n) is 3.88. The van der Waals surface area contributed by atoms with E-state index < -0.39 is 0 Å². The van der Waals surface area contributed by atoms with E-state index in [0.717, 1.165) is 18.8 Å². The summed E-state index contributed by atoms with van der Waals surface area (Å²) in [6.07, 6.45) is 8.87. The normalized spacial score (nSPS) is 18.9. The van der Waals surface area contributed by atoms with Gasteiger partial charge in [-0.2, -0.15) is 5.10 Å². The molecule has 1 aromatic rings. The minimum atomic E-state index is 0.495. The Hall–Kier alpha value is -0.870. The summed E-state index contributed by atoms with van der Waals surface area (Å²) in [7, 11) is 4.21. The van der Waals surface area contributed by atoms with Gasteiger partial charge in [-0.25, -0.2) is 0 Å². The molecule has 0 amide bonds. The van der Waals surface area contributed by atoms with E-state index in [9.17, 15) is 0 Å². The summed E-state index contributed by atoms with van der Waals surface area (Å²) in [5.74, 6) is 0. The van der Waals surface area contributed by atoms with Crippen LogP contribution in [0.1, 0.15) is 50.8 Å². The van der Waals surface area contributed by atoms with Crippen LogP contribution in [0, 0.1) is 0 Å². The topological polar surface area (TPSA) is 33.1 Å². The summed E-state index contributed by atoms with van der Waals surface area (Å²) >= 11 is 0. The van der Waals surface area contributed by atoms with Gasteiger partial charge in [0.1, 0.15) is 0 Å². The lowest BCUT2D eigenvalue weighted by atomic mass is 9.96. The van der Waals surface area contributed by atoms with Crippen LogP contribution in [0.15, 0.2) is 12.3 Å². The minimum Gasteiger partial charge on any atom is -0.308 e. The molecular formula is C15H28N4. The van der Waals surface area contributed by atoms with Crippen molar-refractivity contribution in [2.24, 2.45) is 0 Å². The Balaban J connectivity index is 1.80. The minimum absolute atomic E-state index is 0.495. The summed E-state index contributed by atoms with van der Waals surface area (Å²) in [5.41, 5.74) is 1.16. The second-order valence-electron chi connectivity index (χ2n) is 6.12. The van der Waals surface area contributed by atoms with Crippen molar-refractivity contribution in [1.82, 2.24) is 20.0 Å². The number of hydrogen-bond acceptors (Lipinski definition) is 3. The molecule has 1 aliphatic carbocycles. The van der Waals surface area contributed by atoms with Crippen LogP contribution in [-0.2, 0) is 6.54 Å². The standard InChI is InChI=1S/C15H28N4/c1-13(12-18(2)3)16-11-14-9-10-19(17-14)15-7-5-4-6-8-15/h9-10,13,15-16H,4-8,11-12H2,1-3H3. The van der Waals surface area contributed by atoms with Crippen molar-refractivity contribution >= 4 is 0 Å². The summed E-state index contributed by atoms with van der Waals surface area (Å²) < 4.78 is 2.19. The Morgan fingerprint density at radius 2 is 2.11 bits per heavy atom. The molecule has 19 heavy (non-hydrogen) atoms. The molecule has 1 heterocycles. The van der Waals surface area contributed by atoms with Crippen molar-refractivity contribution in [2.75, 3.05) is 20.6 Å². The Morgan fingerprint density at radius 3 is 2.79 bits per heavy atom.